The largest absolute Gasteiger partial charge is 0.491 e. The molecule has 0 unspecified atom stereocenters. The zero-order valence-corrected chi connectivity index (χ0v) is 15.1. The highest BCUT2D eigenvalue weighted by Crippen LogP contribution is 2.36. The number of aromatic nitrogens is 7. The molecule has 27 heavy (non-hydrogen) atoms. The standard InChI is InChI=1S/C19H19N7O/c1-12(2)26-19(20-11-23-26)16-10-25-5-6-27-17-4-3-13(14-8-21-22-9-14)7-15(17)18(25)24-16/h3-4,7-12H,5-6H2,1-2H3,(H,21,22). The topological polar surface area (TPSA) is 86.4 Å². The molecule has 0 saturated heterocycles. The Morgan fingerprint density at radius 2 is 2.11 bits per heavy atom. The third-order valence-corrected chi connectivity index (χ3v) is 4.71. The van der Waals surface area contributed by atoms with Crippen LogP contribution in [0.2, 0.25) is 0 Å². The van der Waals surface area contributed by atoms with Gasteiger partial charge in [0.25, 0.3) is 0 Å². The zero-order valence-electron chi connectivity index (χ0n) is 15.1. The average molecular weight is 361 g/mol. The van der Waals surface area contributed by atoms with Crippen molar-refractivity contribution in [2.24, 2.45) is 0 Å². The van der Waals surface area contributed by atoms with Gasteiger partial charge in [0.15, 0.2) is 5.82 Å². The summed E-state index contributed by atoms with van der Waals surface area (Å²) >= 11 is 0. The fourth-order valence-electron chi connectivity index (χ4n) is 3.39. The Bertz CT molecular complexity index is 1090. The van der Waals surface area contributed by atoms with E-state index in [0.717, 1.165) is 46.3 Å². The van der Waals surface area contributed by atoms with Crippen LogP contribution in [-0.4, -0.2) is 41.1 Å². The Hall–Kier alpha value is -3.42. The van der Waals surface area contributed by atoms with E-state index in [1.54, 1.807) is 6.33 Å². The molecular formula is C19H19N7O. The van der Waals surface area contributed by atoms with E-state index in [1.807, 2.05) is 35.4 Å². The lowest BCUT2D eigenvalue weighted by molar-refractivity contribution is 0.306. The third-order valence-electron chi connectivity index (χ3n) is 4.71. The summed E-state index contributed by atoms with van der Waals surface area (Å²) in [5.41, 5.74) is 3.88. The van der Waals surface area contributed by atoms with Gasteiger partial charge in [-0.2, -0.15) is 10.2 Å². The van der Waals surface area contributed by atoms with Crippen molar-refractivity contribution in [3.8, 4) is 39.8 Å². The SMILES string of the molecule is CC(C)n1ncnc1-c1cn2c(n1)-c1cc(-c3cn[nH]c3)ccc1OCC2. The van der Waals surface area contributed by atoms with Crippen LogP contribution in [0.4, 0.5) is 0 Å². The number of nitrogens with zero attached hydrogens (tertiary/aromatic N) is 6. The van der Waals surface area contributed by atoms with Crippen molar-refractivity contribution in [2.75, 3.05) is 6.61 Å². The van der Waals surface area contributed by atoms with E-state index in [2.05, 4.69) is 44.8 Å². The van der Waals surface area contributed by atoms with E-state index in [0.29, 0.717) is 6.61 Å². The number of rotatable bonds is 3. The van der Waals surface area contributed by atoms with Crippen molar-refractivity contribution in [2.45, 2.75) is 26.4 Å². The fourth-order valence-corrected chi connectivity index (χ4v) is 3.39. The predicted octanol–water partition coefficient (Wildman–Crippen LogP) is 3.17. The van der Waals surface area contributed by atoms with E-state index in [1.165, 1.54) is 0 Å². The van der Waals surface area contributed by atoms with Crippen LogP contribution in [0.25, 0.3) is 34.0 Å². The maximum atomic E-state index is 5.94. The second-order valence-corrected chi connectivity index (χ2v) is 6.81. The van der Waals surface area contributed by atoms with Crippen LogP contribution in [0.5, 0.6) is 5.75 Å². The average Bonchev–Trinajstić information content (AvgIpc) is 3.41. The van der Waals surface area contributed by atoms with Crippen LogP contribution >= 0.6 is 0 Å². The minimum atomic E-state index is 0.215. The molecule has 0 aliphatic carbocycles. The van der Waals surface area contributed by atoms with Crippen LogP contribution in [0.3, 0.4) is 0 Å². The van der Waals surface area contributed by atoms with Crippen molar-refractivity contribution in [1.82, 2.24) is 34.5 Å². The number of hydrogen-bond acceptors (Lipinski definition) is 5. The first kappa shape index (κ1) is 15.8. The van der Waals surface area contributed by atoms with Crippen molar-refractivity contribution in [3.05, 3.63) is 43.1 Å². The van der Waals surface area contributed by atoms with Gasteiger partial charge in [-0.15, -0.1) is 0 Å². The molecule has 136 valence electrons. The fraction of sp³-hybridized carbons (Fsp3) is 0.263. The summed E-state index contributed by atoms with van der Waals surface area (Å²) < 4.78 is 9.95. The lowest BCUT2D eigenvalue weighted by atomic mass is 10.0. The molecule has 0 radical (unpaired) electrons. The molecule has 1 aromatic carbocycles. The molecule has 8 heteroatoms. The smallest absolute Gasteiger partial charge is 0.178 e. The first-order valence-electron chi connectivity index (χ1n) is 8.94. The summed E-state index contributed by atoms with van der Waals surface area (Å²) in [5.74, 6) is 2.49. The summed E-state index contributed by atoms with van der Waals surface area (Å²) in [6.07, 6.45) is 7.29. The number of nitrogens with one attached hydrogen (secondary N) is 1. The summed E-state index contributed by atoms with van der Waals surface area (Å²) in [6.45, 7) is 5.49. The predicted molar refractivity (Wildman–Crippen MR) is 100 cm³/mol. The van der Waals surface area contributed by atoms with E-state index in [4.69, 9.17) is 9.72 Å². The molecule has 4 aromatic rings. The molecule has 8 nitrogen and oxygen atoms in total. The monoisotopic (exact) mass is 361 g/mol. The molecule has 0 amide bonds. The highest BCUT2D eigenvalue weighted by molar-refractivity contribution is 5.75. The highest BCUT2D eigenvalue weighted by Gasteiger charge is 2.22. The van der Waals surface area contributed by atoms with Crippen molar-refractivity contribution in [3.63, 3.8) is 0 Å². The normalized spacial score (nSPS) is 13.1. The molecule has 1 aliphatic rings. The Labute approximate surface area is 155 Å². The first-order valence-corrected chi connectivity index (χ1v) is 8.94. The van der Waals surface area contributed by atoms with Gasteiger partial charge in [-0.3, -0.25) is 5.10 Å². The Morgan fingerprint density at radius 1 is 1.19 bits per heavy atom. The lowest BCUT2D eigenvalue weighted by Gasteiger charge is -2.08. The van der Waals surface area contributed by atoms with Gasteiger partial charge in [0, 0.05) is 24.0 Å². The third kappa shape index (κ3) is 2.61. The van der Waals surface area contributed by atoms with E-state index < -0.39 is 0 Å². The molecule has 4 heterocycles. The van der Waals surface area contributed by atoms with Gasteiger partial charge in [-0.05, 0) is 31.5 Å². The van der Waals surface area contributed by atoms with Crippen LogP contribution in [0.15, 0.2) is 43.1 Å². The molecule has 1 aliphatic heterocycles. The molecule has 0 spiro atoms. The maximum absolute atomic E-state index is 5.94. The molecule has 0 atom stereocenters. The van der Waals surface area contributed by atoms with Gasteiger partial charge in [0.2, 0.25) is 0 Å². The first-order chi connectivity index (χ1) is 13.2. The number of H-pyrrole nitrogens is 1. The Kier molecular flexibility index (Phi) is 3.56. The molecule has 0 bridgehead atoms. The minimum absolute atomic E-state index is 0.215. The lowest BCUT2D eigenvalue weighted by Crippen LogP contribution is -2.06. The quantitative estimate of drug-likeness (QED) is 0.606. The number of ether oxygens (including phenoxy) is 1. The number of fused-ring (bicyclic) bond motifs is 3. The van der Waals surface area contributed by atoms with Crippen molar-refractivity contribution >= 4 is 0 Å². The number of hydrogen-bond donors (Lipinski definition) is 1. The summed E-state index contributed by atoms with van der Waals surface area (Å²) in [7, 11) is 0. The van der Waals surface area contributed by atoms with Gasteiger partial charge in [-0.25, -0.2) is 14.6 Å². The summed E-state index contributed by atoms with van der Waals surface area (Å²) in [6, 6.07) is 6.35. The van der Waals surface area contributed by atoms with Gasteiger partial charge >= 0.3 is 0 Å². The summed E-state index contributed by atoms with van der Waals surface area (Å²) in [4.78, 5) is 9.32. The molecule has 0 saturated carbocycles. The van der Waals surface area contributed by atoms with E-state index in [-0.39, 0.29) is 6.04 Å². The molecule has 5 rings (SSSR count). The van der Waals surface area contributed by atoms with Crippen molar-refractivity contribution in [1.29, 1.82) is 0 Å². The molecular weight excluding hydrogens is 342 g/mol. The number of benzene rings is 1. The molecule has 1 N–H and O–H groups in total. The van der Waals surface area contributed by atoms with Crippen LogP contribution in [0, 0.1) is 0 Å². The van der Waals surface area contributed by atoms with Crippen LogP contribution in [-0.2, 0) is 6.54 Å². The van der Waals surface area contributed by atoms with E-state index in [9.17, 15) is 0 Å². The van der Waals surface area contributed by atoms with E-state index >= 15 is 0 Å². The van der Waals surface area contributed by atoms with Crippen LogP contribution < -0.4 is 4.74 Å². The zero-order chi connectivity index (χ0) is 18.4. The van der Waals surface area contributed by atoms with Gasteiger partial charge in [0.1, 0.15) is 30.2 Å². The van der Waals surface area contributed by atoms with Gasteiger partial charge in [-0.1, -0.05) is 6.07 Å². The number of imidazole rings is 1. The Morgan fingerprint density at radius 3 is 2.93 bits per heavy atom. The van der Waals surface area contributed by atoms with Crippen molar-refractivity contribution < 1.29 is 4.74 Å². The molecule has 0 fully saturated rings. The second kappa shape index (κ2) is 6.08. The second-order valence-electron chi connectivity index (χ2n) is 6.81. The Balaban J connectivity index is 1.65. The molecule has 3 aromatic heterocycles. The minimum Gasteiger partial charge on any atom is -0.491 e. The summed E-state index contributed by atoms with van der Waals surface area (Å²) in [5, 5.41) is 11.2. The van der Waals surface area contributed by atoms with Crippen LogP contribution in [0.1, 0.15) is 19.9 Å². The van der Waals surface area contributed by atoms with Gasteiger partial charge in [0.05, 0.1) is 18.3 Å². The highest BCUT2D eigenvalue weighted by atomic mass is 16.5. The van der Waals surface area contributed by atoms with Gasteiger partial charge < -0.3 is 9.30 Å². The maximum Gasteiger partial charge on any atom is 0.178 e. The number of aromatic amines is 1.